The van der Waals surface area contributed by atoms with Gasteiger partial charge in [0, 0.05) is 10.9 Å². The van der Waals surface area contributed by atoms with Crippen LogP contribution in [0.15, 0.2) is 84.9 Å². The van der Waals surface area contributed by atoms with Crippen LogP contribution in [-0.4, -0.2) is 12.1 Å². The average Bonchev–Trinajstić information content (AvgIpc) is 2.68. The third-order valence-corrected chi connectivity index (χ3v) is 4.19. The van der Waals surface area contributed by atoms with Crippen molar-refractivity contribution in [2.75, 3.05) is 7.11 Å². The fourth-order valence-corrected chi connectivity index (χ4v) is 2.94. The van der Waals surface area contributed by atoms with Gasteiger partial charge in [0.25, 0.3) is 0 Å². The maximum Gasteiger partial charge on any atom is 0.118 e. The topological polar surface area (TPSA) is 22.1 Å². The van der Waals surface area contributed by atoms with Gasteiger partial charge in [-0.3, -0.25) is 0 Å². The molecule has 0 N–H and O–H groups in total. The van der Waals surface area contributed by atoms with Crippen molar-refractivity contribution in [2.24, 2.45) is 0 Å². The van der Waals surface area contributed by atoms with Crippen LogP contribution in [0, 0.1) is 0 Å². The third kappa shape index (κ3) is 2.63. The Labute approximate surface area is 141 Å². The molecule has 24 heavy (non-hydrogen) atoms. The summed E-state index contributed by atoms with van der Waals surface area (Å²) in [5, 5.41) is 1.15. The number of methoxy groups -OCH3 is 1. The predicted molar refractivity (Wildman–Crippen MR) is 99.2 cm³/mol. The van der Waals surface area contributed by atoms with Gasteiger partial charge in [0.2, 0.25) is 0 Å². The summed E-state index contributed by atoms with van der Waals surface area (Å²) in [6, 6.07) is 28.9. The second kappa shape index (κ2) is 6.17. The monoisotopic (exact) mass is 311 g/mol. The Morgan fingerprint density at radius 3 is 2.17 bits per heavy atom. The minimum Gasteiger partial charge on any atom is -0.497 e. The number of rotatable bonds is 3. The molecule has 0 unspecified atom stereocenters. The van der Waals surface area contributed by atoms with Crippen molar-refractivity contribution in [1.29, 1.82) is 0 Å². The number of fused-ring (bicyclic) bond motifs is 1. The van der Waals surface area contributed by atoms with E-state index in [1.165, 1.54) is 5.56 Å². The van der Waals surface area contributed by atoms with Crippen molar-refractivity contribution >= 4 is 10.9 Å². The lowest BCUT2D eigenvalue weighted by Gasteiger charge is -2.11. The van der Waals surface area contributed by atoms with Gasteiger partial charge in [0.1, 0.15) is 5.75 Å². The summed E-state index contributed by atoms with van der Waals surface area (Å²) in [7, 11) is 1.68. The van der Waals surface area contributed by atoms with Crippen molar-refractivity contribution < 1.29 is 4.74 Å². The van der Waals surface area contributed by atoms with Gasteiger partial charge in [-0.15, -0.1) is 0 Å². The molecule has 0 spiro atoms. The molecule has 0 aliphatic rings. The van der Waals surface area contributed by atoms with Gasteiger partial charge in [-0.25, -0.2) is 4.98 Å². The summed E-state index contributed by atoms with van der Waals surface area (Å²) in [5.41, 5.74) is 5.46. The van der Waals surface area contributed by atoms with Crippen LogP contribution in [0.1, 0.15) is 0 Å². The lowest BCUT2D eigenvalue weighted by molar-refractivity contribution is 0.415. The van der Waals surface area contributed by atoms with Crippen LogP contribution in [0.2, 0.25) is 0 Å². The number of ether oxygens (including phenoxy) is 1. The molecule has 0 saturated heterocycles. The first-order chi connectivity index (χ1) is 11.8. The molecule has 0 aliphatic heterocycles. The van der Waals surface area contributed by atoms with Gasteiger partial charge in [-0.1, -0.05) is 60.7 Å². The molecule has 4 aromatic rings. The Morgan fingerprint density at radius 2 is 1.42 bits per heavy atom. The number of pyridine rings is 1. The van der Waals surface area contributed by atoms with Crippen molar-refractivity contribution in [1.82, 2.24) is 4.98 Å². The molecule has 2 heteroatoms. The molecule has 1 aromatic heterocycles. The van der Waals surface area contributed by atoms with E-state index in [1.807, 2.05) is 36.4 Å². The standard InChI is InChI=1S/C22H17NO/c1-24-18-13-11-16(12-14-18)20-15-22(17-7-3-2-4-8-17)23-21-10-6-5-9-19(20)21/h2-15H,1H3. The van der Waals surface area contributed by atoms with E-state index in [9.17, 15) is 0 Å². The summed E-state index contributed by atoms with van der Waals surface area (Å²) >= 11 is 0. The van der Waals surface area contributed by atoms with E-state index in [4.69, 9.17) is 9.72 Å². The van der Waals surface area contributed by atoms with Crippen molar-refractivity contribution in [2.45, 2.75) is 0 Å². The SMILES string of the molecule is COc1ccc(-c2cc(-c3ccccc3)nc3ccccc23)cc1. The summed E-state index contributed by atoms with van der Waals surface area (Å²) in [4.78, 5) is 4.84. The first-order valence-electron chi connectivity index (χ1n) is 7.95. The minimum absolute atomic E-state index is 0.861. The second-order valence-electron chi connectivity index (χ2n) is 5.67. The molecule has 4 rings (SSSR count). The van der Waals surface area contributed by atoms with E-state index >= 15 is 0 Å². The third-order valence-electron chi connectivity index (χ3n) is 4.19. The normalized spacial score (nSPS) is 10.7. The maximum atomic E-state index is 5.27. The second-order valence-corrected chi connectivity index (χ2v) is 5.67. The Balaban J connectivity index is 1.95. The lowest BCUT2D eigenvalue weighted by Crippen LogP contribution is -1.90. The van der Waals surface area contributed by atoms with Crippen LogP contribution in [0.3, 0.4) is 0 Å². The largest absolute Gasteiger partial charge is 0.497 e. The van der Waals surface area contributed by atoms with E-state index in [0.717, 1.165) is 33.5 Å². The predicted octanol–water partition coefficient (Wildman–Crippen LogP) is 5.58. The number of hydrogen-bond donors (Lipinski definition) is 0. The Morgan fingerprint density at radius 1 is 0.708 bits per heavy atom. The summed E-state index contributed by atoms with van der Waals surface area (Å²) in [6.45, 7) is 0. The summed E-state index contributed by atoms with van der Waals surface area (Å²) in [6.07, 6.45) is 0. The van der Waals surface area contributed by atoms with Crippen LogP contribution >= 0.6 is 0 Å². The molecular formula is C22H17NO. The summed E-state index contributed by atoms with van der Waals surface area (Å²) in [5.74, 6) is 0.861. The van der Waals surface area contributed by atoms with Crippen molar-refractivity contribution in [3.05, 3.63) is 84.9 Å². The Bertz CT molecular complexity index is 976. The highest BCUT2D eigenvalue weighted by Gasteiger charge is 2.09. The van der Waals surface area contributed by atoms with Gasteiger partial charge in [-0.05, 0) is 35.4 Å². The number of para-hydroxylation sites is 1. The first-order valence-corrected chi connectivity index (χ1v) is 7.95. The van der Waals surface area contributed by atoms with Gasteiger partial charge in [-0.2, -0.15) is 0 Å². The molecule has 0 amide bonds. The Hall–Kier alpha value is -3.13. The zero-order valence-corrected chi connectivity index (χ0v) is 13.4. The van der Waals surface area contributed by atoms with Crippen molar-refractivity contribution in [3.8, 4) is 28.1 Å². The van der Waals surface area contributed by atoms with Gasteiger partial charge >= 0.3 is 0 Å². The highest BCUT2D eigenvalue weighted by atomic mass is 16.5. The molecule has 0 radical (unpaired) electrons. The molecule has 2 nitrogen and oxygen atoms in total. The number of nitrogens with zero attached hydrogens (tertiary/aromatic N) is 1. The van der Waals surface area contributed by atoms with E-state index in [2.05, 4.69) is 48.5 Å². The van der Waals surface area contributed by atoms with E-state index in [0.29, 0.717) is 0 Å². The lowest BCUT2D eigenvalue weighted by atomic mass is 9.98. The van der Waals surface area contributed by atoms with Crippen LogP contribution in [0.4, 0.5) is 0 Å². The van der Waals surface area contributed by atoms with Gasteiger partial charge in [0.15, 0.2) is 0 Å². The van der Waals surface area contributed by atoms with Crippen molar-refractivity contribution in [3.63, 3.8) is 0 Å². The van der Waals surface area contributed by atoms with Crippen LogP contribution < -0.4 is 4.74 Å². The molecule has 0 fully saturated rings. The molecule has 0 aliphatic carbocycles. The van der Waals surface area contributed by atoms with Crippen LogP contribution in [0.5, 0.6) is 5.75 Å². The highest BCUT2D eigenvalue weighted by molar-refractivity contribution is 5.96. The fourth-order valence-electron chi connectivity index (χ4n) is 2.94. The summed E-state index contributed by atoms with van der Waals surface area (Å²) < 4.78 is 5.27. The quantitative estimate of drug-likeness (QED) is 0.493. The average molecular weight is 311 g/mol. The molecule has 0 bridgehead atoms. The number of aromatic nitrogens is 1. The van der Waals surface area contributed by atoms with Gasteiger partial charge in [0.05, 0.1) is 18.3 Å². The van der Waals surface area contributed by atoms with E-state index in [-0.39, 0.29) is 0 Å². The van der Waals surface area contributed by atoms with E-state index in [1.54, 1.807) is 7.11 Å². The zero-order chi connectivity index (χ0) is 16.4. The van der Waals surface area contributed by atoms with Crippen LogP contribution in [0.25, 0.3) is 33.3 Å². The minimum atomic E-state index is 0.861. The molecule has 0 atom stereocenters. The molecule has 116 valence electrons. The zero-order valence-electron chi connectivity index (χ0n) is 13.4. The smallest absolute Gasteiger partial charge is 0.118 e. The number of benzene rings is 3. The number of hydrogen-bond acceptors (Lipinski definition) is 2. The highest BCUT2D eigenvalue weighted by Crippen LogP contribution is 2.32. The molecule has 1 heterocycles. The van der Waals surface area contributed by atoms with E-state index < -0.39 is 0 Å². The first kappa shape index (κ1) is 14.5. The maximum absolute atomic E-state index is 5.27. The van der Waals surface area contributed by atoms with Crippen LogP contribution in [-0.2, 0) is 0 Å². The fraction of sp³-hybridized carbons (Fsp3) is 0.0455. The molecule has 0 saturated carbocycles. The molecular weight excluding hydrogens is 294 g/mol. The van der Waals surface area contributed by atoms with Gasteiger partial charge < -0.3 is 4.74 Å². The Kier molecular flexibility index (Phi) is 3.72. The molecule has 3 aromatic carbocycles.